The van der Waals surface area contributed by atoms with Gasteiger partial charge in [-0.2, -0.15) is 0 Å². The molecule has 26 heavy (non-hydrogen) atoms. The van der Waals surface area contributed by atoms with E-state index < -0.39 is 30.5 Å². The Morgan fingerprint density at radius 2 is 1.88 bits per heavy atom. The number of hydrogen-bond donors (Lipinski definition) is 1. The zero-order valence-corrected chi connectivity index (χ0v) is 15.5. The molecule has 1 amide bonds. The number of hydrogen-bond acceptors (Lipinski definition) is 6. The molecule has 0 fully saturated rings. The van der Waals surface area contributed by atoms with E-state index in [0.29, 0.717) is 17.7 Å². The van der Waals surface area contributed by atoms with Gasteiger partial charge < -0.3 is 19.5 Å². The van der Waals surface area contributed by atoms with Crippen molar-refractivity contribution >= 4 is 23.9 Å². The van der Waals surface area contributed by atoms with Gasteiger partial charge in [0.15, 0.2) is 6.61 Å². The van der Waals surface area contributed by atoms with E-state index in [9.17, 15) is 14.4 Å². The van der Waals surface area contributed by atoms with Gasteiger partial charge in [0, 0.05) is 11.6 Å². The molecule has 142 valence electrons. The van der Waals surface area contributed by atoms with Gasteiger partial charge >= 0.3 is 11.9 Å². The number of esters is 2. The van der Waals surface area contributed by atoms with Gasteiger partial charge in [-0.05, 0) is 18.1 Å². The Morgan fingerprint density at radius 3 is 2.50 bits per heavy atom. The fourth-order valence-electron chi connectivity index (χ4n) is 2.16. The van der Waals surface area contributed by atoms with Gasteiger partial charge in [-0.1, -0.05) is 38.5 Å². The third-order valence-electron chi connectivity index (χ3n) is 3.87. The van der Waals surface area contributed by atoms with Crippen LogP contribution in [0.25, 0.3) is 6.08 Å². The van der Waals surface area contributed by atoms with Crippen LogP contribution in [-0.2, 0) is 23.9 Å². The van der Waals surface area contributed by atoms with Crippen LogP contribution in [0.1, 0.15) is 25.8 Å². The van der Waals surface area contributed by atoms with E-state index in [2.05, 4.69) is 10.1 Å². The second kappa shape index (κ2) is 10.9. The first kappa shape index (κ1) is 21.2. The van der Waals surface area contributed by atoms with Crippen LogP contribution in [0.4, 0.5) is 0 Å². The normalized spacial score (nSPS) is 12.9. The largest absolute Gasteiger partial charge is 0.496 e. The highest BCUT2D eigenvalue weighted by atomic mass is 16.5. The number of ether oxygens (including phenoxy) is 3. The van der Waals surface area contributed by atoms with Gasteiger partial charge in [-0.25, -0.2) is 9.59 Å². The fourth-order valence-corrected chi connectivity index (χ4v) is 2.16. The third-order valence-corrected chi connectivity index (χ3v) is 3.87. The van der Waals surface area contributed by atoms with Gasteiger partial charge in [0.05, 0.1) is 14.2 Å². The molecule has 0 bridgehead atoms. The Hall–Kier alpha value is -2.83. The molecule has 0 saturated heterocycles. The highest BCUT2D eigenvalue weighted by Gasteiger charge is 2.26. The summed E-state index contributed by atoms with van der Waals surface area (Å²) in [7, 11) is 2.79. The van der Waals surface area contributed by atoms with E-state index in [1.807, 2.05) is 26.0 Å². The summed E-state index contributed by atoms with van der Waals surface area (Å²) < 4.78 is 14.8. The molecule has 0 saturated carbocycles. The molecule has 0 aromatic heterocycles. The second-order valence-electron chi connectivity index (χ2n) is 5.64. The molecular formula is C19H25NO6. The number of para-hydroxylation sites is 1. The number of nitrogens with one attached hydrogen (secondary N) is 1. The van der Waals surface area contributed by atoms with Crippen molar-refractivity contribution in [3.8, 4) is 5.75 Å². The van der Waals surface area contributed by atoms with Gasteiger partial charge in [0.25, 0.3) is 5.91 Å². The Balaban J connectivity index is 2.56. The van der Waals surface area contributed by atoms with Crippen LogP contribution in [0.5, 0.6) is 5.75 Å². The van der Waals surface area contributed by atoms with Crippen molar-refractivity contribution in [2.75, 3.05) is 20.8 Å². The average molecular weight is 363 g/mol. The topological polar surface area (TPSA) is 90.9 Å². The molecule has 0 spiro atoms. The standard InChI is InChI=1S/C19H25NO6/c1-5-13(2)18(19(23)25-4)20-16(21)12-26-17(22)11-10-14-8-6-7-9-15(14)24-3/h6-11,13,18H,5,12H2,1-4H3,(H,20,21)/b11-10+/t13-,18-/m1/s1. The van der Waals surface area contributed by atoms with Crippen LogP contribution in [0.15, 0.2) is 30.3 Å². The zero-order valence-electron chi connectivity index (χ0n) is 15.5. The maximum Gasteiger partial charge on any atom is 0.331 e. The second-order valence-corrected chi connectivity index (χ2v) is 5.64. The van der Waals surface area contributed by atoms with Crippen LogP contribution in [0.3, 0.4) is 0 Å². The molecule has 7 heteroatoms. The monoisotopic (exact) mass is 363 g/mol. The van der Waals surface area contributed by atoms with Crippen LogP contribution >= 0.6 is 0 Å². The lowest BCUT2D eigenvalue weighted by molar-refractivity contribution is -0.148. The minimum Gasteiger partial charge on any atom is -0.496 e. The molecule has 1 aromatic rings. The number of carbonyl (C=O) groups excluding carboxylic acids is 3. The van der Waals surface area contributed by atoms with Crippen molar-refractivity contribution in [3.63, 3.8) is 0 Å². The summed E-state index contributed by atoms with van der Waals surface area (Å²) >= 11 is 0. The summed E-state index contributed by atoms with van der Waals surface area (Å²) in [5.41, 5.74) is 0.707. The molecule has 0 aliphatic rings. The molecule has 1 rings (SSSR count). The summed E-state index contributed by atoms with van der Waals surface area (Å²) in [5, 5.41) is 2.53. The fraction of sp³-hybridized carbons (Fsp3) is 0.421. The molecule has 7 nitrogen and oxygen atoms in total. The Kier molecular flexibility index (Phi) is 8.91. The summed E-state index contributed by atoms with van der Waals surface area (Å²) in [6.45, 7) is 3.23. The summed E-state index contributed by atoms with van der Waals surface area (Å²) in [6, 6.07) is 6.39. The number of amides is 1. The summed E-state index contributed by atoms with van der Waals surface area (Å²) in [4.78, 5) is 35.4. The number of carbonyl (C=O) groups is 3. The first-order chi connectivity index (χ1) is 12.4. The van der Waals surface area contributed by atoms with Crippen molar-refractivity contribution in [1.29, 1.82) is 0 Å². The van der Waals surface area contributed by atoms with E-state index in [-0.39, 0.29) is 5.92 Å². The van der Waals surface area contributed by atoms with E-state index in [1.54, 1.807) is 12.1 Å². The number of rotatable bonds is 9. The zero-order chi connectivity index (χ0) is 19.5. The predicted molar refractivity (Wildman–Crippen MR) is 96.4 cm³/mol. The van der Waals surface area contributed by atoms with Crippen LogP contribution in [0.2, 0.25) is 0 Å². The van der Waals surface area contributed by atoms with Crippen molar-refractivity contribution in [1.82, 2.24) is 5.32 Å². The smallest absolute Gasteiger partial charge is 0.331 e. The van der Waals surface area contributed by atoms with Gasteiger partial charge in [-0.3, -0.25) is 4.79 Å². The molecular weight excluding hydrogens is 338 g/mol. The Labute approximate surface area is 153 Å². The Bertz CT molecular complexity index is 655. The summed E-state index contributed by atoms with van der Waals surface area (Å²) in [5.74, 6) is -1.27. The maximum atomic E-state index is 11.9. The first-order valence-electron chi connectivity index (χ1n) is 8.27. The molecule has 0 radical (unpaired) electrons. The van der Waals surface area contributed by atoms with Gasteiger partial charge in [-0.15, -0.1) is 0 Å². The Morgan fingerprint density at radius 1 is 1.19 bits per heavy atom. The van der Waals surface area contributed by atoms with Crippen LogP contribution < -0.4 is 10.1 Å². The highest BCUT2D eigenvalue weighted by Crippen LogP contribution is 2.18. The molecule has 0 unspecified atom stereocenters. The van der Waals surface area contributed by atoms with Crippen LogP contribution in [0, 0.1) is 5.92 Å². The lowest BCUT2D eigenvalue weighted by atomic mass is 9.99. The number of benzene rings is 1. The SMILES string of the molecule is CC[C@@H](C)[C@@H](NC(=O)COC(=O)/C=C/c1ccccc1OC)C(=O)OC. The minimum absolute atomic E-state index is 0.104. The quantitative estimate of drug-likeness (QED) is 0.533. The van der Waals surface area contributed by atoms with Crippen LogP contribution in [-0.4, -0.2) is 44.7 Å². The first-order valence-corrected chi connectivity index (χ1v) is 8.27. The minimum atomic E-state index is -0.777. The lowest BCUT2D eigenvalue weighted by Gasteiger charge is -2.21. The van der Waals surface area contributed by atoms with E-state index in [0.717, 1.165) is 0 Å². The van der Waals surface area contributed by atoms with Gasteiger partial charge in [0.1, 0.15) is 11.8 Å². The van der Waals surface area contributed by atoms with Gasteiger partial charge in [0.2, 0.25) is 0 Å². The highest BCUT2D eigenvalue weighted by molar-refractivity contribution is 5.90. The molecule has 1 aromatic carbocycles. The molecule has 0 aliphatic heterocycles. The summed E-state index contributed by atoms with van der Waals surface area (Å²) in [6.07, 6.45) is 3.43. The van der Waals surface area contributed by atoms with Crippen molar-refractivity contribution in [2.45, 2.75) is 26.3 Å². The molecule has 2 atom stereocenters. The third kappa shape index (κ3) is 6.58. The predicted octanol–water partition coefficient (Wildman–Crippen LogP) is 1.96. The van der Waals surface area contributed by atoms with Crippen molar-refractivity contribution < 1.29 is 28.6 Å². The molecule has 1 N–H and O–H groups in total. The van der Waals surface area contributed by atoms with E-state index >= 15 is 0 Å². The number of methoxy groups -OCH3 is 2. The van der Waals surface area contributed by atoms with E-state index in [1.165, 1.54) is 26.4 Å². The van der Waals surface area contributed by atoms with Crippen molar-refractivity contribution in [2.24, 2.45) is 5.92 Å². The van der Waals surface area contributed by atoms with Crippen molar-refractivity contribution in [3.05, 3.63) is 35.9 Å². The van der Waals surface area contributed by atoms with E-state index in [4.69, 9.17) is 9.47 Å². The lowest BCUT2D eigenvalue weighted by Crippen LogP contribution is -2.47. The molecule has 0 aliphatic carbocycles. The average Bonchev–Trinajstić information content (AvgIpc) is 2.67. The molecule has 0 heterocycles. The maximum absolute atomic E-state index is 11.9.